The van der Waals surface area contributed by atoms with Crippen LogP contribution in [0.3, 0.4) is 0 Å². The van der Waals surface area contributed by atoms with Crippen molar-refractivity contribution in [2.45, 2.75) is 32.3 Å². The standard InChI is InChI=1S/C19H25N5O2/c1-13-17-9-14(8-15(17)2-5-22-13)10-20-4-3-16-12-24(19(25)26-16)18-11-21-6-7-23-18/h2,5,7,11,14,16,20-21H,3-4,6,8-10,12H2,1H3. The highest BCUT2D eigenvalue weighted by Crippen LogP contribution is 2.27. The molecule has 0 aromatic carbocycles. The molecule has 1 fully saturated rings. The Balaban J connectivity index is 1.19. The van der Waals surface area contributed by atoms with Crippen LogP contribution in [0.4, 0.5) is 4.79 Å². The molecule has 3 aliphatic rings. The van der Waals surface area contributed by atoms with Gasteiger partial charge in [0.1, 0.15) is 6.10 Å². The number of rotatable bonds is 6. The first-order valence-electron chi connectivity index (χ1n) is 9.29. The van der Waals surface area contributed by atoms with E-state index < -0.39 is 0 Å². The zero-order chi connectivity index (χ0) is 17.9. The molecule has 1 aliphatic carbocycles. The molecule has 1 saturated heterocycles. The largest absolute Gasteiger partial charge is 0.444 e. The van der Waals surface area contributed by atoms with Crippen LogP contribution in [0, 0.1) is 12.8 Å². The van der Waals surface area contributed by atoms with Crippen LogP contribution in [-0.2, 0) is 17.6 Å². The summed E-state index contributed by atoms with van der Waals surface area (Å²) in [5.74, 6) is 1.26. The van der Waals surface area contributed by atoms with Crippen molar-refractivity contribution >= 4 is 12.3 Å². The van der Waals surface area contributed by atoms with Gasteiger partial charge >= 0.3 is 6.09 Å². The smallest absolute Gasteiger partial charge is 0.415 e. The highest BCUT2D eigenvalue weighted by Gasteiger charge is 2.33. The summed E-state index contributed by atoms with van der Waals surface area (Å²) in [5.41, 5.74) is 4.03. The lowest BCUT2D eigenvalue weighted by Crippen LogP contribution is -2.29. The van der Waals surface area contributed by atoms with Crippen LogP contribution in [-0.4, -0.2) is 54.5 Å². The first kappa shape index (κ1) is 17.0. The summed E-state index contributed by atoms with van der Waals surface area (Å²) >= 11 is 0. The number of cyclic esters (lactones) is 1. The van der Waals surface area contributed by atoms with Gasteiger partial charge in [0.2, 0.25) is 0 Å². The van der Waals surface area contributed by atoms with Gasteiger partial charge in [-0.3, -0.25) is 9.88 Å². The van der Waals surface area contributed by atoms with E-state index in [1.54, 1.807) is 17.3 Å². The number of hydrogen-bond donors (Lipinski definition) is 2. The molecule has 0 bridgehead atoms. The molecule has 1 aromatic heterocycles. The van der Waals surface area contributed by atoms with Crippen molar-refractivity contribution in [2.24, 2.45) is 10.9 Å². The monoisotopic (exact) mass is 355 g/mol. The first-order valence-corrected chi connectivity index (χ1v) is 9.29. The number of aromatic nitrogens is 1. The third kappa shape index (κ3) is 3.58. The Morgan fingerprint density at radius 3 is 3.15 bits per heavy atom. The van der Waals surface area contributed by atoms with Crippen molar-refractivity contribution < 1.29 is 9.53 Å². The molecule has 0 saturated carbocycles. The molecule has 3 heterocycles. The van der Waals surface area contributed by atoms with E-state index in [9.17, 15) is 4.79 Å². The number of aryl methyl sites for hydroxylation is 1. The first-order chi connectivity index (χ1) is 12.7. The van der Waals surface area contributed by atoms with Crippen LogP contribution in [0.15, 0.2) is 29.3 Å². The lowest BCUT2D eigenvalue weighted by Gasteiger charge is -2.16. The van der Waals surface area contributed by atoms with Gasteiger partial charge in [-0.2, -0.15) is 0 Å². The van der Waals surface area contributed by atoms with Crippen molar-refractivity contribution in [3.63, 3.8) is 0 Å². The topological polar surface area (TPSA) is 78.9 Å². The van der Waals surface area contributed by atoms with Gasteiger partial charge in [0, 0.05) is 30.9 Å². The number of amides is 1. The fourth-order valence-corrected chi connectivity index (χ4v) is 3.89. The Morgan fingerprint density at radius 2 is 2.35 bits per heavy atom. The van der Waals surface area contributed by atoms with Crippen LogP contribution < -0.4 is 10.6 Å². The number of ether oxygens (including phenoxy) is 1. The zero-order valence-electron chi connectivity index (χ0n) is 15.1. The van der Waals surface area contributed by atoms with Crippen molar-refractivity contribution in [3.05, 3.63) is 41.1 Å². The summed E-state index contributed by atoms with van der Waals surface area (Å²) in [6.07, 6.45) is 8.07. The highest BCUT2D eigenvalue weighted by atomic mass is 16.6. The number of fused-ring (bicyclic) bond motifs is 1. The third-order valence-corrected chi connectivity index (χ3v) is 5.26. The molecule has 4 rings (SSSR count). The predicted octanol–water partition coefficient (Wildman–Crippen LogP) is 1.38. The molecule has 26 heavy (non-hydrogen) atoms. The number of aliphatic imine (C=N–C) groups is 1. The summed E-state index contributed by atoms with van der Waals surface area (Å²) < 4.78 is 5.46. The van der Waals surface area contributed by atoms with E-state index in [0.29, 0.717) is 24.8 Å². The zero-order valence-corrected chi connectivity index (χ0v) is 15.1. The molecule has 2 unspecified atom stereocenters. The van der Waals surface area contributed by atoms with Gasteiger partial charge < -0.3 is 15.4 Å². The molecular formula is C19H25N5O2. The maximum Gasteiger partial charge on any atom is 0.415 e. The Bertz CT molecular complexity index is 745. The lowest BCUT2D eigenvalue weighted by molar-refractivity contribution is 0.130. The number of hydrogen-bond acceptors (Lipinski definition) is 6. The minimum Gasteiger partial charge on any atom is -0.444 e. The molecule has 2 N–H and O–H groups in total. The van der Waals surface area contributed by atoms with Gasteiger partial charge in [0.05, 0.1) is 6.54 Å². The Hall–Kier alpha value is -2.41. The van der Waals surface area contributed by atoms with Crippen LogP contribution in [0.25, 0.3) is 0 Å². The van der Waals surface area contributed by atoms with Crippen molar-refractivity contribution in [2.75, 3.05) is 26.2 Å². The Kier molecular flexibility index (Phi) is 4.88. The van der Waals surface area contributed by atoms with Crippen molar-refractivity contribution in [1.29, 1.82) is 0 Å². The quantitative estimate of drug-likeness (QED) is 0.754. The maximum absolute atomic E-state index is 12.0. The fraction of sp³-hybridized carbons (Fsp3) is 0.526. The van der Waals surface area contributed by atoms with E-state index in [0.717, 1.165) is 38.0 Å². The molecule has 1 aromatic rings. The van der Waals surface area contributed by atoms with Crippen LogP contribution in [0.1, 0.15) is 23.2 Å². The summed E-state index contributed by atoms with van der Waals surface area (Å²) in [5, 5.41) is 6.60. The number of nitrogens with zero attached hydrogens (tertiary/aromatic N) is 3. The van der Waals surface area contributed by atoms with Gasteiger partial charge in [0.15, 0.2) is 5.82 Å². The predicted molar refractivity (Wildman–Crippen MR) is 98.9 cm³/mol. The summed E-state index contributed by atoms with van der Waals surface area (Å²) in [6, 6.07) is 2.15. The van der Waals surface area contributed by atoms with Gasteiger partial charge in [-0.1, -0.05) is 0 Å². The number of nitrogens with one attached hydrogen (secondary N) is 2. The number of carbonyl (C=O) groups excluding carboxylic acids is 1. The van der Waals surface area contributed by atoms with Crippen molar-refractivity contribution in [1.82, 2.24) is 20.5 Å². The molecule has 0 radical (unpaired) electrons. The maximum atomic E-state index is 12.0. The number of pyridine rings is 1. The van der Waals surface area contributed by atoms with Crippen LogP contribution in [0.2, 0.25) is 0 Å². The van der Waals surface area contributed by atoms with Crippen LogP contribution in [0.5, 0.6) is 0 Å². The minimum atomic E-state index is -0.309. The molecule has 0 spiro atoms. The van der Waals surface area contributed by atoms with E-state index in [1.165, 1.54) is 11.1 Å². The van der Waals surface area contributed by atoms with Gasteiger partial charge in [0.25, 0.3) is 0 Å². The highest BCUT2D eigenvalue weighted by molar-refractivity contribution is 5.73. The van der Waals surface area contributed by atoms with Crippen molar-refractivity contribution in [3.8, 4) is 0 Å². The van der Waals surface area contributed by atoms with Gasteiger partial charge in [-0.25, -0.2) is 9.79 Å². The molecule has 2 aliphatic heterocycles. The van der Waals surface area contributed by atoms with Gasteiger partial charge in [-0.05, 0) is 62.4 Å². The molecular weight excluding hydrogens is 330 g/mol. The van der Waals surface area contributed by atoms with E-state index >= 15 is 0 Å². The summed E-state index contributed by atoms with van der Waals surface area (Å²) in [6.45, 7) is 5.18. The molecule has 1 amide bonds. The summed E-state index contributed by atoms with van der Waals surface area (Å²) in [4.78, 5) is 22.3. The normalized spacial score (nSPS) is 24.3. The molecule has 7 nitrogen and oxygen atoms in total. The molecule has 138 valence electrons. The van der Waals surface area contributed by atoms with E-state index in [1.807, 2.05) is 6.20 Å². The number of carbonyl (C=O) groups is 1. The second kappa shape index (κ2) is 7.45. The van der Waals surface area contributed by atoms with Gasteiger partial charge in [-0.15, -0.1) is 0 Å². The fourth-order valence-electron chi connectivity index (χ4n) is 3.89. The molecule has 7 heteroatoms. The average molecular weight is 355 g/mol. The Labute approximate surface area is 153 Å². The summed E-state index contributed by atoms with van der Waals surface area (Å²) in [7, 11) is 0. The third-order valence-electron chi connectivity index (χ3n) is 5.26. The van der Waals surface area contributed by atoms with E-state index in [4.69, 9.17) is 4.74 Å². The second-order valence-corrected chi connectivity index (χ2v) is 7.14. The second-order valence-electron chi connectivity index (χ2n) is 7.14. The van der Waals surface area contributed by atoms with E-state index in [-0.39, 0.29) is 12.2 Å². The minimum absolute atomic E-state index is 0.0831. The SMILES string of the molecule is Cc1nccc2c1CC(CNCCC1CN(C3=CNCC=N3)C(=O)O1)C2. The average Bonchev–Trinajstić information content (AvgIpc) is 3.23. The van der Waals surface area contributed by atoms with Crippen LogP contribution >= 0.6 is 0 Å². The molecule has 2 atom stereocenters. The van der Waals surface area contributed by atoms with E-state index in [2.05, 4.69) is 33.6 Å². The Morgan fingerprint density at radius 1 is 1.42 bits per heavy atom. The lowest BCUT2D eigenvalue weighted by atomic mass is 10.1.